The second kappa shape index (κ2) is 10.3. The zero-order valence-corrected chi connectivity index (χ0v) is 19.3. The van der Waals surface area contributed by atoms with Gasteiger partial charge in [0.05, 0.1) is 24.4 Å². The molecule has 0 saturated carbocycles. The van der Waals surface area contributed by atoms with Crippen LogP contribution in [0, 0.1) is 0 Å². The van der Waals surface area contributed by atoms with Gasteiger partial charge in [-0.3, -0.25) is 9.88 Å². The van der Waals surface area contributed by atoms with Crippen LogP contribution in [-0.2, 0) is 24.1 Å². The summed E-state index contributed by atoms with van der Waals surface area (Å²) in [5.41, 5.74) is 6.93. The Morgan fingerprint density at radius 1 is 1.22 bits per heavy atom. The highest BCUT2D eigenvalue weighted by molar-refractivity contribution is 5.56. The van der Waals surface area contributed by atoms with Crippen molar-refractivity contribution in [1.82, 2.24) is 20.5 Å². The van der Waals surface area contributed by atoms with E-state index in [1.807, 2.05) is 6.20 Å². The lowest BCUT2D eigenvalue weighted by molar-refractivity contribution is 0.0258. The maximum absolute atomic E-state index is 5.85. The Balaban J connectivity index is 1.21. The SMILES string of the molecule is CN(C[C@H]1Cc2c(cccc2NCCC2CNCCO2)CN1)[C@H]1CCCc2cccnc21. The molecule has 3 atom stereocenters. The average molecular weight is 436 g/mol. The van der Waals surface area contributed by atoms with E-state index in [4.69, 9.17) is 9.72 Å². The van der Waals surface area contributed by atoms with Gasteiger partial charge in [0.15, 0.2) is 0 Å². The summed E-state index contributed by atoms with van der Waals surface area (Å²) < 4.78 is 5.85. The fraction of sp³-hybridized carbons (Fsp3) is 0.577. The molecule has 3 N–H and O–H groups in total. The van der Waals surface area contributed by atoms with E-state index in [1.54, 1.807) is 0 Å². The molecule has 5 rings (SSSR count). The van der Waals surface area contributed by atoms with Crippen molar-refractivity contribution in [2.75, 3.05) is 45.2 Å². The Bertz CT molecular complexity index is 898. The van der Waals surface area contributed by atoms with Gasteiger partial charge in [-0.2, -0.15) is 0 Å². The lowest BCUT2D eigenvalue weighted by Crippen LogP contribution is -2.45. The predicted octanol–water partition coefficient (Wildman–Crippen LogP) is 2.90. The Labute approximate surface area is 192 Å². The summed E-state index contributed by atoms with van der Waals surface area (Å²) in [5, 5.41) is 10.9. The lowest BCUT2D eigenvalue weighted by Gasteiger charge is -2.36. The number of fused-ring (bicyclic) bond motifs is 2. The minimum atomic E-state index is 0.325. The minimum absolute atomic E-state index is 0.325. The summed E-state index contributed by atoms with van der Waals surface area (Å²) >= 11 is 0. The van der Waals surface area contributed by atoms with Gasteiger partial charge in [0.2, 0.25) is 0 Å². The molecule has 6 heteroatoms. The number of likely N-dealkylation sites (N-methyl/N-ethyl adjacent to an activating group) is 1. The number of ether oxygens (including phenoxy) is 1. The fourth-order valence-electron chi connectivity index (χ4n) is 5.57. The van der Waals surface area contributed by atoms with Crippen molar-refractivity contribution in [3.8, 4) is 0 Å². The number of rotatable bonds is 7. The topological polar surface area (TPSA) is 61.5 Å². The first-order valence-corrected chi connectivity index (χ1v) is 12.3. The van der Waals surface area contributed by atoms with Gasteiger partial charge in [0, 0.05) is 50.6 Å². The standard InChI is InChI=1S/C26H37N5O/c1-31(25-9-3-5-19-7-4-11-29-26(19)25)18-21-15-23-20(16-30-21)6-2-8-24(23)28-12-10-22-17-27-13-14-32-22/h2,4,6-8,11,21-22,25,27-28,30H,3,5,9-10,12-18H2,1H3/t21-,22?,25+/m1/s1. The third kappa shape index (κ3) is 4.99. The molecule has 3 heterocycles. The molecule has 0 radical (unpaired) electrons. The number of aromatic nitrogens is 1. The van der Waals surface area contributed by atoms with Gasteiger partial charge in [0.25, 0.3) is 0 Å². The van der Waals surface area contributed by atoms with Crippen LogP contribution in [0.4, 0.5) is 5.69 Å². The van der Waals surface area contributed by atoms with Crippen LogP contribution in [0.1, 0.15) is 47.7 Å². The van der Waals surface area contributed by atoms with Crippen molar-refractivity contribution in [3.63, 3.8) is 0 Å². The highest BCUT2D eigenvalue weighted by atomic mass is 16.5. The van der Waals surface area contributed by atoms with Crippen LogP contribution in [0.3, 0.4) is 0 Å². The number of aryl methyl sites for hydroxylation is 1. The Hall–Kier alpha value is -1.99. The third-order valence-corrected chi connectivity index (χ3v) is 7.30. The number of nitrogens with one attached hydrogen (secondary N) is 3. The molecule has 1 unspecified atom stereocenters. The molecular formula is C26H37N5O. The summed E-state index contributed by atoms with van der Waals surface area (Å²) in [6, 6.07) is 11.9. The Kier molecular flexibility index (Phi) is 7.03. The lowest BCUT2D eigenvalue weighted by atomic mass is 9.90. The summed E-state index contributed by atoms with van der Waals surface area (Å²) in [6.07, 6.45) is 8.00. The predicted molar refractivity (Wildman–Crippen MR) is 129 cm³/mol. The van der Waals surface area contributed by atoms with Gasteiger partial charge in [-0.25, -0.2) is 0 Å². The number of nitrogens with zero attached hydrogens (tertiary/aromatic N) is 2. The molecule has 1 aromatic heterocycles. The van der Waals surface area contributed by atoms with Crippen molar-refractivity contribution >= 4 is 5.69 Å². The van der Waals surface area contributed by atoms with Crippen molar-refractivity contribution in [1.29, 1.82) is 0 Å². The molecule has 2 aliphatic heterocycles. The molecule has 0 bridgehead atoms. The number of hydrogen-bond acceptors (Lipinski definition) is 6. The zero-order chi connectivity index (χ0) is 21.8. The second-order valence-electron chi connectivity index (χ2n) is 9.53. The van der Waals surface area contributed by atoms with Crippen LogP contribution in [0.2, 0.25) is 0 Å². The van der Waals surface area contributed by atoms with Crippen LogP contribution in [0.5, 0.6) is 0 Å². The van der Waals surface area contributed by atoms with E-state index in [2.05, 4.69) is 58.2 Å². The molecule has 0 spiro atoms. The molecule has 1 fully saturated rings. The van der Waals surface area contributed by atoms with Crippen molar-refractivity contribution in [3.05, 3.63) is 58.9 Å². The second-order valence-corrected chi connectivity index (χ2v) is 9.53. The van der Waals surface area contributed by atoms with Crippen molar-refractivity contribution < 1.29 is 4.74 Å². The highest BCUT2D eigenvalue weighted by Crippen LogP contribution is 2.33. The van der Waals surface area contributed by atoms with Crippen molar-refractivity contribution in [2.45, 2.75) is 56.8 Å². The summed E-state index contributed by atoms with van der Waals surface area (Å²) in [7, 11) is 2.27. The van der Waals surface area contributed by atoms with E-state index in [1.165, 1.54) is 47.3 Å². The molecule has 32 heavy (non-hydrogen) atoms. The number of benzene rings is 1. The smallest absolute Gasteiger partial charge is 0.0716 e. The van der Waals surface area contributed by atoms with Gasteiger partial charge in [0.1, 0.15) is 0 Å². The van der Waals surface area contributed by atoms with Gasteiger partial charge < -0.3 is 20.7 Å². The van der Waals surface area contributed by atoms with Crippen molar-refractivity contribution in [2.24, 2.45) is 0 Å². The Morgan fingerprint density at radius 3 is 3.06 bits per heavy atom. The monoisotopic (exact) mass is 435 g/mol. The quantitative estimate of drug-likeness (QED) is 0.622. The third-order valence-electron chi connectivity index (χ3n) is 7.30. The van der Waals surface area contributed by atoms with Crippen LogP contribution in [0.15, 0.2) is 36.5 Å². The number of morpholine rings is 1. The Morgan fingerprint density at radius 2 is 2.16 bits per heavy atom. The van der Waals surface area contributed by atoms with Gasteiger partial charge in [-0.15, -0.1) is 0 Å². The van der Waals surface area contributed by atoms with Crippen LogP contribution < -0.4 is 16.0 Å². The first-order valence-electron chi connectivity index (χ1n) is 12.3. The van der Waals surface area contributed by atoms with E-state index in [0.717, 1.165) is 52.2 Å². The fourth-order valence-corrected chi connectivity index (χ4v) is 5.57. The van der Waals surface area contributed by atoms with Gasteiger partial charge >= 0.3 is 0 Å². The van der Waals surface area contributed by atoms with E-state index in [-0.39, 0.29) is 0 Å². The zero-order valence-electron chi connectivity index (χ0n) is 19.3. The molecule has 172 valence electrons. The van der Waals surface area contributed by atoms with E-state index < -0.39 is 0 Å². The van der Waals surface area contributed by atoms with E-state index in [0.29, 0.717) is 18.2 Å². The molecule has 1 aliphatic carbocycles. The van der Waals surface area contributed by atoms with Gasteiger partial charge in [-0.05, 0) is 68.0 Å². The number of hydrogen-bond donors (Lipinski definition) is 3. The van der Waals surface area contributed by atoms with Crippen LogP contribution >= 0.6 is 0 Å². The van der Waals surface area contributed by atoms with Gasteiger partial charge in [-0.1, -0.05) is 18.2 Å². The maximum atomic E-state index is 5.85. The highest BCUT2D eigenvalue weighted by Gasteiger charge is 2.28. The van der Waals surface area contributed by atoms with E-state index in [9.17, 15) is 0 Å². The summed E-state index contributed by atoms with van der Waals surface area (Å²) in [5.74, 6) is 0. The molecule has 2 aromatic rings. The van der Waals surface area contributed by atoms with Crippen LogP contribution in [-0.4, -0.2) is 61.9 Å². The molecule has 0 amide bonds. The average Bonchev–Trinajstić information content (AvgIpc) is 2.84. The van der Waals surface area contributed by atoms with Crippen LogP contribution in [0.25, 0.3) is 0 Å². The minimum Gasteiger partial charge on any atom is -0.385 e. The first-order chi connectivity index (χ1) is 15.8. The normalized spacial score (nSPS) is 25.2. The maximum Gasteiger partial charge on any atom is 0.0716 e. The molecule has 3 aliphatic rings. The number of anilines is 1. The molecule has 6 nitrogen and oxygen atoms in total. The molecule has 1 saturated heterocycles. The molecule has 1 aromatic carbocycles. The van der Waals surface area contributed by atoms with E-state index >= 15 is 0 Å². The largest absolute Gasteiger partial charge is 0.385 e. The molecular weight excluding hydrogens is 398 g/mol. The number of pyridine rings is 1. The summed E-state index contributed by atoms with van der Waals surface area (Å²) in [6.45, 7) is 5.70. The first kappa shape index (κ1) is 21.8. The summed E-state index contributed by atoms with van der Waals surface area (Å²) in [4.78, 5) is 7.28.